The number of rotatable bonds is 4. The summed E-state index contributed by atoms with van der Waals surface area (Å²) in [6.45, 7) is 0.535. The fourth-order valence-electron chi connectivity index (χ4n) is 3.83. The molecule has 0 saturated carbocycles. The monoisotopic (exact) mass is 404 g/mol. The Labute approximate surface area is 172 Å². The van der Waals surface area contributed by atoms with Crippen molar-refractivity contribution in [3.05, 3.63) is 71.8 Å². The van der Waals surface area contributed by atoms with E-state index in [0.29, 0.717) is 18.7 Å². The third-order valence-corrected chi connectivity index (χ3v) is 5.34. The Kier molecular flexibility index (Phi) is 4.35. The van der Waals surface area contributed by atoms with Gasteiger partial charge in [0, 0.05) is 43.5 Å². The maximum atomic E-state index is 13.4. The zero-order chi connectivity index (χ0) is 20.7. The van der Waals surface area contributed by atoms with Gasteiger partial charge in [0.25, 0.3) is 5.91 Å². The van der Waals surface area contributed by atoms with Gasteiger partial charge in [0.05, 0.1) is 25.3 Å². The van der Waals surface area contributed by atoms with Crippen molar-refractivity contribution in [2.45, 2.75) is 12.5 Å². The van der Waals surface area contributed by atoms with E-state index >= 15 is 0 Å². The van der Waals surface area contributed by atoms with Gasteiger partial charge in [-0.15, -0.1) is 0 Å². The van der Waals surface area contributed by atoms with E-state index < -0.39 is 0 Å². The lowest BCUT2D eigenvalue weighted by atomic mass is 9.95. The Morgan fingerprint density at radius 2 is 2.13 bits per heavy atom. The average Bonchev–Trinajstić information content (AvgIpc) is 3.52. The Bertz CT molecular complexity index is 1190. The molecule has 9 heteroatoms. The molecular formula is C21H20N6O3. The normalized spacial score (nSPS) is 15.8. The molecule has 0 saturated heterocycles. The minimum Gasteiger partial charge on any atom is -0.497 e. The minimum absolute atomic E-state index is 0.186. The number of aromatic amines is 1. The molecule has 1 aliphatic heterocycles. The number of ether oxygens (including phenoxy) is 1. The lowest BCUT2D eigenvalue weighted by Crippen LogP contribution is -2.40. The number of nitrogens with zero attached hydrogens (tertiary/aromatic N) is 5. The number of benzene rings is 1. The third-order valence-electron chi connectivity index (χ3n) is 5.34. The molecule has 0 fully saturated rings. The van der Waals surface area contributed by atoms with Gasteiger partial charge in [-0.3, -0.25) is 9.48 Å². The molecule has 152 valence electrons. The highest BCUT2D eigenvalue weighted by molar-refractivity contribution is 5.93. The highest BCUT2D eigenvalue weighted by atomic mass is 16.5. The molecule has 0 radical (unpaired) electrons. The number of carbonyl (C=O) groups excluding carboxylic acids is 1. The van der Waals surface area contributed by atoms with Gasteiger partial charge in [-0.1, -0.05) is 17.3 Å². The van der Waals surface area contributed by atoms with Crippen LogP contribution in [0.4, 0.5) is 0 Å². The fraction of sp³-hybridized carbons (Fsp3) is 0.238. The van der Waals surface area contributed by atoms with Crippen molar-refractivity contribution in [2.75, 3.05) is 13.7 Å². The summed E-state index contributed by atoms with van der Waals surface area (Å²) in [6, 6.07) is 9.00. The minimum atomic E-state index is -0.328. The number of hydrogen-bond donors (Lipinski definition) is 1. The number of aryl methyl sites for hydroxylation is 1. The summed E-state index contributed by atoms with van der Waals surface area (Å²) in [5.74, 6) is 0.712. The number of aromatic nitrogens is 5. The molecular weight excluding hydrogens is 384 g/mol. The second-order valence-electron chi connectivity index (χ2n) is 7.17. The summed E-state index contributed by atoms with van der Waals surface area (Å²) in [7, 11) is 3.45. The largest absolute Gasteiger partial charge is 0.497 e. The van der Waals surface area contributed by atoms with E-state index in [0.717, 1.165) is 28.3 Å². The highest BCUT2D eigenvalue weighted by Gasteiger charge is 2.36. The van der Waals surface area contributed by atoms with Crippen LogP contribution >= 0.6 is 0 Å². The maximum absolute atomic E-state index is 13.4. The fourth-order valence-corrected chi connectivity index (χ4v) is 3.83. The predicted octanol–water partition coefficient (Wildman–Crippen LogP) is 2.59. The van der Waals surface area contributed by atoms with Crippen molar-refractivity contribution in [1.82, 2.24) is 29.8 Å². The second-order valence-corrected chi connectivity index (χ2v) is 7.17. The molecule has 30 heavy (non-hydrogen) atoms. The number of fused-ring (bicyclic) bond motifs is 1. The van der Waals surface area contributed by atoms with Gasteiger partial charge >= 0.3 is 0 Å². The van der Waals surface area contributed by atoms with E-state index in [1.165, 1.54) is 0 Å². The van der Waals surface area contributed by atoms with Crippen LogP contribution in [0.15, 0.2) is 53.6 Å². The number of methoxy groups -OCH3 is 1. The van der Waals surface area contributed by atoms with Crippen LogP contribution < -0.4 is 4.74 Å². The first-order valence-electron chi connectivity index (χ1n) is 9.57. The molecule has 1 N–H and O–H groups in total. The van der Waals surface area contributed by atoms with Gasteiger partial charge in [0.1, 0.15) is 17.5 Å². The first-order chi connectivity index (χ1) is 14.6. The zero-order valence-corrected chi connectivity index (χ0v) is 16.6. The molecule has 0 aliphatic carbocycles. The van der Waals surface area contributed by atoms with Crippen LogP contribution in [0.2, 0.25) is 0 Å². The second kappa shape index (κ2) is 7.18. The summed E-state index contributed by atoms with van der Waals surface area (Å²) in [5, 5.41) is 8.20. The number of nitrogens with one attached hydrogen (secondary N) is 1. The van der Waals surface area contributed by atoms with Gasteiger partial charge in [-0.25, -0.2) is 4.98 Å². The molecule has 0 unspecified atom stereocenters. The molecule has 1 aliphatic rings. The molecule has 1 amide bonds. The summed E-state index contributed by atoms with van der Waals surface area (Å²) in [5.41, 5.74) is 4.19. The van der Waals surface area contributed by atoms with Crippen molar-refractivity contribution < 1.29 is 14.1 Å². The van der Waals surface area contributed by atoms with Crippen LogP contribution in [-0.4, -0.2) is 49.4 Å². The molecule has 9 nitrogen and oxygen atoms in total. The van der Waals surface area contributed by atoms with Crippen molar-refractivity contribution in [3.63, 3.8) is 0 Å². The molecule has 4 aromatic rings. The van der Waals surface area contributed by atoms with Crippen LogP contribution in [0.25, 0.3) is 11.3 Å². The van der Waals surface area contributed by atoms with E-state index in [9.17, 15) is 4.79 Å². The summed E-state index contributed by atoms with van der Waals surface area (Å²) >= 11 is 0. The van der Waals surface area contributed by atoms with E-state index in [1.54, 1.807) is 35.3 Å². The molecule has 4 heterocycles. The van der Waals surface area contributed by atoms with Gasteiger partial charge in [-0.05, 0) is 17.7 Å². The van der Waals surface area contributed by atoms with Crippen LogP contribution in [0, 0.1) is 0 Å². The summed E-state index contributed by atoms with van der Waals surface area (Å²) in [6.07, 6.45) is 5.87. The molecule has 1 atom stereocenters. The Morgan fingerprint density at radius 3 is 2.87 bits per heavy atom. The first kappa shape index (κ1) is 18.2. The molecule has 0 spiro atoms. The van der Waals surface area contributed by atoms with Gasteiger partial charge in [-0.2, -0.15) is 5.10 Å². The highest BCUT2D eigenvalue weighted by Crippen LogP contribution is 2.35. The quantitative estimate of drug-likeness (QED) is 0.561. The van der Waals surface area contributed by atoms with E-state index in [4.69, 9.17) is 9.26 Å². The van der Waals surface area contributed by atoms with Gasteiger partial charge < -0.3 is 19.1 Å². The van der Waals surface area contributed by atoms with E-state index in [-0.39, 0.29) is 17.7 Å². The van der Waals surface area contributed by atoms with E-state index in [2.05, 4.69) is 20.2 Å². The van der Waals surface area contributed by atoms with Crippen molar-refractivity contribution >= 4 is 5.91 Å². The smallest absolute Gasteiger partial charge is 0.293 e. The topological polar surface area (TPSA) is 102 Å². The summed E-state index contributed by atoms with van der Waals surface area (Å²) in [4.78, 5) is 22.9. The zero-order valence-electron chi connectivity index (χ0n) is 16.6. The number of imidazole rings is 1. The predicted molar refractivity (Wildman–Crippen MR) is 107 cm³/mol. The number of H-pyrrole nitrogens is 1. The molecule has 5 rings (SSSR count). The number of amides is 1. The first-order valence-corrected chi connectivity index (χ1v) is 9.57. The van der Waals surface area contributed by atoms with Crippen molar-refractivity contribution in [1.29, 1.82) is 0 Å². The van der Waals surface area contributed by atoms with Gasteiger partial charge in [0.15, 0.2) is 0 Å². The molecule has 0 bridgehead atoms. The summed E-state index contributed by atoms with van der Waals surface area (Å²) < 4.78 is 12.4. The Morgan fingerprint density at radius 1 is 1.30 bits per heavy atom. The third kappa shape index (κ3) is 3.04. The number of hydrogen-bond acceptors (Lipinski definition) is 6. The Hall–Kier alpha value is -3.88. The lowest BCUT2D eigenvalue weighted by Gasteiger charge is -2.34. The maximum Gasteiger partial charge on any atom is 0.293 e. The SMILES string of the molecule is COc1ccc([C@@H]2c3nc[nH]c3CCN2C(=O)c2cc(-c3cnn(C)c3)no2)cc1. The lowest BCUT2D eigenvalue weighted by molar-refractivity contribution is 0.0648. The van der Waals surface area contributed by atoms with Gasteiger partial charge in [0.2, 0.25) is 5.76 Å². The van der Waals surface area contributed by atoms with Crippen LogP contribution in [0.1, 0.15) is 33.5 Å². The van der Waals surface area contributed by atoms with Crippen molar-refractivity contribution in [3.8, 4) is 17.0 Å². The van der Waals surface area contributed by atoms with Crippen LogP contribution in [0.5, 0.6) is 5.75 Å². The standard InChI is InChI=1S/C21H20N6O3/c1-26-11-14(10-24-26)17-9-18(30-25-17)21(28)27-8-7-16-19(23-12-22-16)20(27)13-3-5-15(29-2)6-4-13/h3-6,9-12,20H,7-8H2,1-2H3,(H,22,23)/t20-/m1/s1. The van der Waals surface area contributed by atoms with E-state index in [1.807, 2.05) is 37.5 Å². The molecule has 3 aromatic heterocycles. The Balaban J connectivity index is 1.50. The number of carbonyl (C=O) groups is 1. The van der Waals surface area contributed by atoms with Crippen LogP contribution in [0.3, 0.4) is 0 Å². The average molecular weight is 404 g/mol. The van der Waals surface area contributed by atoms with Crippen LogP contribution in [-0.2, 0) is 13.5 Å². The van der Waals surface area contributed by atoms with Crippen molar-refractivity contribution in [2.24, 2.45) is 7.05 Å². The molecule has 1 aromatic carbocycles.